The number of benzene rings is 7. The lowest BCUT2D eigenvalue weighted by atomic mass is 9.93. The molecule has 0 amide bonds. The van der Waals surface area contributed by atoms with Gasteiger partial charge in [-0.3, -0.25) is 0 Å². The standard InChI is InChI=1S/C47H29N3S/c1-4-14-30(15-5-1)31-24-26-32(27-25-31)40-29-41(50-47(49-40)34-18-8-3-9-19-34)37-28-38-43(44-36-21-11-13-23-42(36)51-46(37)44)35-20-10-12-22-39(35)48-45(38)33-16-6-2-7-17-33/h1-29H. The molecule has 10 aromatic rings. The van der Waals surface area contributed by atoms with Gasteiger partial charge in [0.2, 0.25) is 0 Å². The van der Waals surface area contributed by atoms with E-state index in [0.29, 0.717) is 5.82 Å². The van der Waals surface area contributed by atoms with Gasteiger partial charge in [-0.15, -0.1) is 11.3 Å². The van der Waals surface area contributed by atoms with Crippen molar-refractivity contribution >= 4 is 53.2 Å². The lowest BCUT2D eigenvalue weighted by Gasteiger charge is -2.15. The number of hydrogen-bond donors (Lipinski definition) is 0. The summed E-state index contributed by atoms with van der Waals surface area (Å²) in [5, 5.41) is 5.98. The van der Waals surface area contributed by atoms with Crippen LogP contribution in [0.4, 0.5) is 0 Å². The Morgan fingerprint density at radius 1 is 0.373 bits per heavy atom. The molecule has 0 unspecified atom stereocenters. The van der Waals surface area contributed by atoms with E-state index in [4.69, 9.17) is 15.0 Å². The van der Waals surface area contributed by atoms with E-state index >= 15 is 0 Å². The van der Waals surface area contributed by atoms with Crippen LogP contribution in [0.15, 0.2) is 176 Å². The molecule has 0 bridgehead atoms. The van der Waals surface area contributed by atoms with Crippen molar-refractivity contribution in [2.45, 2.75) is 0 Å². The summed E-state index contributed by atoms with van der Waals surface area (Å²) in [5.74, 6) is 0.699. The van der Waals surface area contributed by atoms with Crippen LogP contribution >= 0.6 is 11.3 Å². The Labute approximate surface area is 299 Å². The van der Waals surface area contributed by atoms with Crippen molar-refractivity contribution in [1.29, 1.82) is 0 Å². The lowest BCUT2D eigenvalue weighted by Crippen LogP contribution is -1.97. The second-order valence-electron chi connectivity index (χ2n) is 12.8. The topological polar surface area (TPSA) is 38.7 Å². The summed E-state index contributed by atoms with van der Waals surface area (Å²) in [6.45, 7) is 0. The van der Waals surface area contributed by atoms with Crippen LogP contribution in [0.1, 0.15) is 0 Å². The van der Waals surface area contributed by atoms with Crippen molar-refractivity contribution in [3.05, 3.63) is 176 Å². The molecule has 0 saturated heterocycles. The van der Waals surface area contributed by atoms with Gasteiger partial charge in [0.1, 0.15) is 0 Å². The van der Waals surface area contributed by atoms with Gasteiger partial charge >= 0.3 is 0 Å². The molecule has 0 fully saturated rings. The third-order valence-electron chi connectivity index (χ3n) is 9.68. The minimum absolute atomic E-state index is 0.699. The molecule has 0 radical (unpaired) electrons. The van der Waals surface area contributed by atoms with Crippen molar-refractivity contribution in [1.82, 2.24) is 15.0 Å². The maximum Gasteiger partial charge on any atom is 0.160 e. The minimum Gasteiger partial charge on any atom is -0.247 e. The zero-order chi connectivity index (χ0) is 33.7. The van der Waals surface area contributed by atoms with Crippen molar-refractivity contribution in [3.8, 4) is 56.3 Å². The highest BCUT2D eigenvalue weighted by Gasteiger charge is 2.22. The molecular weight excluding hydrogens is 639 g/mol. The molecule has 238 valence electrons. The minimum atomic E-state index is 0.699. The molecule has 0 N–H and O–H groups in total. The van der Waals surface area contributed by atoms with Crippen molar-refractivity contribution < 1.29 is 0 Å². The Hall–Kier alpha value is -6.49. The number of aromatic nitrogens is 3. The van der Waals surface area contributed by atoms with E-state index in [1.165, 1.54) is 36.7 Å². The first-order chi connectivity index (χ1) is 25.3. The third-order valence-corrected chi connectivity index (χ3v) is 10.9. The maximum absolute atomic E-state index is 5.33. The van der Waals surface area contributed by atoms with Crippen molar-refractivity contribution in [3.63, 3.8) is 0 Å². The van der Waals surface area contributed by atoms with Gasteiger partial charge in [-0.25, -0.2) is 15.0 Å². The first-order valence-corrected chi connectivity index (χ1v) is 17.9. The van der Waals surface area contributed by atoms with E-state index < -0.39 is 0 Å². The summed E-state index contributed by atoms with van der Waals surface area (Å²) in [6.07, 6.45) is 0. The van der Waals surface area contributed by atoms with Crippen LogP contribution in [0.25, 0.3) is 98.1 Å². The van der Waals surface area contributed by atoms with Crippen LogP contribution in [0.5, 0.6) is 0 Å². The third kappa shape index (κ3) is 5.08. The molecular formula is C47H29N3S. The summed E-state index contributed by atoms with van der Waals surface area (Å²) < 4.78 is 2.46. The predicted molar refractivity (Wildman–Crippen MR) is 215 cm³/mol. The van der Waals surface area contributed by atoms with Gasteiger partial charge in [0.05, 0.1) is 22.6 Å². The largest absolute Gasteiger partial charge is 0.247 e. The fourth-order valence-electron chi connectivity index (χ4n) is 7.25. The molecule has 0 spiro atoms. The second-order valence-corrected chi connectivity index (χ2v) is 13.8. The average molecular weight is 668 g/mol. The van der Waals surface area contributed by atoms with Gasteiger partial charge in [-0.05, 0) is 35.4 Å². The van der Waals surface area contributed by atoms with E-state index in [2.05, 4.69) is 152 Å². The molecule has 51 heavy (non-hydrogen) atoms. The SMILES string of the molecule is c1ccc(-c2ccc(-c3cc(-c4cc5c(-c6ccccc6)nc6ccccc6c5c5c4sc4ccccc45)nc(-c4ccccc4)n3)cc2)cc1. The maximum atomic E-state index is 5.33. The molecule has 3 heterocycles. The molecule has 0 aliphatic heterocycles. The van der Waals surface area contributed by atoms with Crippen molar-refractivity contribution in [2.24, 2.45) is 0 Å². The van der Waals surface area contributed by atoms with Gasteiger partial charge in [-0.1, -0.05) is 152 Å². The molecule has 0 atom stereocenters. The molecule has 3 nitrogen and oxygen atoms in total. The van der Waals surface area contributed by atoms with Gasteiger partial charge in [0.25, 0.3) is 0 Å². The molecule has 0 aliphatic rings. The molecule has 4 heteroatoms. The van der Waals surface area contributed by atoms with Gasteiger partial charge in [0.15, 0.2) is 5.82 Å². The molecule has 0 aliphatic carbocycles. The van der Waals surface area contributed by atoms with E-state index in [9.17, 15) is 0 Å². The first kappa shape index (κ1) is 29.4. The van der Waals surface area contributed by atoms with Crippen LogP contribution in [0.2, 0.25) is 0 Å². The number of rotatable bonds is 5. The fraction of sp³-hybridized carbons (Fsp3) is 0. The van der Waals surface area contributed by atoms with Crippen LogP contribution in [0.3, 0.4) is 0 Å². The average Bonchev–Trinajstić information content (AvgIpc) is 3.61. The highest BCUT2D eigenvalue weighted by molar-refractivity contribution is 7.26. The Balaban J connectivity index is 1.29. The lowest BCUT2D eigenvalue weighted by molar-refractivity contribution is 1.19. The Bertz CT molecular complexity index is 2880. The molecule has 10 rings (SSSR count). The summed E-state index contributed by atoms with van der Waals surface area (Å²) in [5.41, 5.74) is 10.3. The summed E-state index contributed by atoms with van der Waals surface area (Å²) in [6, 6.07) is 61.8. The van der Waals surface area contributed by atoms with Crippen LogP contribution in [0, 0.1) is 0 Å². The number of fused-ring (bicyclic) bond motifs is 7. The fourth-order valence-corrected chi connectivity index (χ4v) is 8.48. The van der Waals surface area contributed by atoms with E-state index in [1.807, 2.05) is 35.6 Å². The Morgan fingerprint density at radius 3 is 1.69 bits per heavy atom. The second kappa shape index (κ2) is 12.1. The molecule has 3 aromatic heterocycles. The predicted octanol–water partition coefficient (Wildman–Crippen LogP) is 12.9. The zero-order valence-electron chi connectivity index (χ0n) is 27.5. The monoisotopic (exact) mass is 667 g/mol. The number of nitrogens with zero attached hydrogens (tertiary/aromatic N) is 3. The van der Waals surface area contributed by atoms with Crippen molar-refractivity contribution in [2.75, 3.05) is 0 Å². The first-order valence-electron chi connectivity index (χ1n) is 17.1. The van der Waals surface area contributed by atoms with E-state index in [0.717, 1.165) is 55.6 Å². The normalized spacial score (nSPS) is 11.5. The van der Waals surface area contributed by atoms with Crippen LogP contribution < -0.4 is 0 Å². The number of pyridine rings is 1. The number of thiophene rings is 1. The Kier molecular flexibility index (Phi) is 7.00. The van der Waals surface area contributed by atoms with E-state index in [-0.39, 0.29) is 0 Å². The van der Waals surface area contributed by atoms with Gasteiger partial charge in [0, 0.05) is 58.6 Å². The summed E-state index contributed by atoms with van der Waals surface area (Å²) in [4.78, 5) is 15.8. The zero-order valence-corrected chi connectivity index (χ0v) is 28.3. The summed E-state index contributed by atoms with van der Waals surface area (Å²) in [7, 11) is 0. The smallest absolute Gasteiger partial charge is 0.160 e. The van der Waals surface area contributed by atoms with E-state index in [1.54, 1.807) is 0 Å². The molecule has 0 saturated carbocycles. The van der Waals surface area contributed by atoms with Crippen LogP contribution in [-0.4, -0.2) is 15.0 Å². The molecule has 7 aromatic carbocycles. The highest BCUT2D eigenvalue weighted by Crippen LogP contribution is 2.48. The Morgan fingerprint density at radius 2 is 0.941 bits per heavy atom. The quantitative estimate of drug-likeness (QED) is 0.171. The van der Waals surface area contributed by atoms with Gasteiger partial charge in [-0.2, -0.15) is 0 Å². The summed E-state index contributed by atoms with van der Waals surface area (Å²) >= 11 is 1.83. The number of para-hydroxylation sites is 1. The highest BCUT2D eigenvalue weighted by atomic mass is 32.1. The van der Waals surface area contributed by atoms with Crippen LogP contribution in [-0.2, 0) is 0 Å². The van der Waals surface area contributed by atoms with Gasteiger partial charge < -0.3 is 0 Å². The number of hydrogen-bond acceptors (Lipinski definition) is 4.